The molecule has 132 valence electrons. The molecule has 1 fully saturated rings. The molecule has 3 rings (SSSR count). The quantitative estimate of drug-likeness (QED) is 0.714. The van der Waals surface area contributed by atoms with Gasteiger partial charge in [-0.1, -0.05) is 29.8 Å². The van der Waals surface area contributed by atoms with E-state index in [1.54, 1.807) is 0 Å². The molecular weight excluding hydrogens is 358 g/mol. The lowest BCUT2D eigenvalue weighted by Gasteiger charge is -2.06. The molecule has 1 aliphatic rings. The molecule has 1 saturated heterocycles. The zero-order valence-electron chi connectivity index (χ0n) is 13.9. The van der Waals surface area contributed by atoms with Crippen LogP contribution < -0.4 is 0 Å². The monoisotopic (exact) mass is 377 g/mol. The van der Waals surface area contributed by atoms with Gasteiger partial charge >= 0.3 is 0 Å². The first-order valence-electron chi connectivity index (χ1n) is 8.08. The predicted octanol–water partition coefficient (Wildman–Crippen LogP) is 2.58. The average Bonchev–Trinajstić information content (AvgIpc) is 3.15. The summed E-state index contributed by atoms with van der Waals surface area (Å²) in [6, 6.07) is 10.3. The molecule has 0 spiro atoms. The van der Waals surface area contributed by atoms with E-state index in [-0.39, 0.29) is 22.7 Å². The Bertz CT molecular complexity index is 869. The lowest BCUT2D eigenvalue weighted by atomic mass is 10.1. The van der Waals surface area contributed by atoms with Crippen LogP contribution in [0.5, 0.6) is 0 Å². The molecule has 8 heteroatoms. The Morgan fingerprint density at radius 1 is 1.36 bits per heavy atom. The highest BCUT2D eigenvalue weighted by Crippen LogP contribution is 2.27. The van der Waals surface area contributed by atoms with E-state index in [0.29, 0.717) is 30.4 Å². The van der Waals surface area contributed by atoms with E-state index in [1.807, 2.05) is 31.2 Å². The third-order valence-corrected chi connectivity index (χ3v) is 6.93. The molecule has 0 radical (unpaired) electrons. The zero-order chi connectivity index (χ0) is 17.9. The maximum atomic E-state index is 11.5. The molecule has 1 aliphatic heterocycles. The molecule has 1 aromatic heterocycles. The van der Waals surface area contributed by atoms with E-state index >= 15 is 0 Å². The molecule has 0 N–H and O–H groups in total. The Kier molecular flexibility index (Phi) is 5.45. The molecule has 0 unspecified atom stereocenters. The van der Waals surface area contributed by atoms with Gasteiger partial charge in [0.2, 0.25) is 5.89 Å². The van der Waals surface area contributed by atoms with Gasteiger partial charge in [0, 0.05) is 6.42 Å². The van der Waals surface area contributed by atoms with Crippen LogP contribution in [-0.4, -0.2) is 35.4 Å². The summed E-state index contributed by atoms with van der Waals surface area (Å²) in [5, 5.41) is 17.4. The fraction of sp³-hybridized carbons (Fsp3) is 0.471. The van der Waals surface area contributed by atoms with E-state index in [1.165, 1.54) is 17.3 Å². The smallest absolute Gasteiger partial charge is 0.277 e. The van der Waals surface area contributed by atoms with Crippen LogP contribution >= 0.6 is 11.8 Å². The minimum atomic E-state index is -2.91. The maximum Gasteiger partial charge on any atom is 0.277 e. The second kappa shape index (κ2) is 7.58. The number of aryl methyl sites for hydroxylation is 1. The number of sulfone groups is 1. The number of thioether (sulfide) groups is 1. The Balaban J connectivity index is 1.58. The number of nitrogens with zero attached hydrogens (tertiary/aromatic N) is 3. The van der Waals surface area contributed by atoms with Crippen molar-refractivity contribution in [1.82, 2.24) is 10.2 Å². The van der Waals surface area contributed by atoms with Crippen LogP contribution in [0.15, 0.2) is 33.9 Å². The number of nitriles is 1. The van der Waals surface area contributed by atoms with Crippen LogP contribution in [0, 0.1) is 24.2 Å². The van der Waals surface area contributed by atoms with E-state index in [2.05, 4.69) is 16.3 Å². The summed E-state index contributed by atoms with van der Waals surface area (Å²) in [7, 11) is -2.91. The third-order valence-electron chi connectivity index (χ3n) is 4.17. The summed E-state index contributed by atoms with van der Waals surface area (Å²) in [6.07, 6.45) is 1.71. The van der Waals surface area contributed by atoms with Crippen molar-refractivity contribution in [2.45, 2.75) is 36.7 Å². The highest BCUT2D eigenvalue weighted by molar-refractivity contribution is 7.99. The van der Waals surface area contributed by atoms with Gasteiger partial charge in [0.05, 0.1) is 17.6 Å². The van der Waals surface area contributed by atoms with Crippen LogP contribution in [0.25, 0.3) is 0 Å². The van der Waals surface area contributed by atoms with Crippen LogP contribution in [0.1, 0.15) is 23.4 Å². The van der Waals surface area contributed by atoms with Gasteiger partial charge < -0.3 is 4.42 Å². The molecule has 0 amide bonds. The van der Waals surface area contributed by atoms with Gasteiger partial charge in [0.1, 0.15) is 5.25 Å². The number of benzene rings is 1. The van der Waals surface area contributed by atoms with E-state index in [9.17, 15) is 13.7 Å². The van der Waals surface area contributed by atoms with Crippen molar-refractivity contribution in [1.29, 1.82) is 5.26 Å². The Morgan fingerprint density at radius 2 is 2.12 bits per heavy atom. The average molecular weight is 377 g/mol. The lowest BCUT2D eigenvalue weighted by Crippen LogP contribution is -2.07. The highest BCUT2D eigenvalue weighted by Gasteiger charge is 2.29. The normalized spacial score (nSPS) is 20.2. The second-order valence-electron chi connectivity index (χ2n) is 6.36. The summed E-state index contributed by atoms with van der Waals surface area (Å²) in [5.41, 5.74) is 2.26. The van der Waals surface area contributed by atoms with Crippen LogP contribution in [-0.2, 0) is 22.7 Å². The van der Waals surface area contributed by atoms with Crippen molar-refractivity contribution in [3.63, 3.8) is 0 Å². The fourth-order valence-corrected chi connectivity index (χ4v) is 5.49. The van der Waals surface area contributed by atoms with Crippen molar-refractivity contribution in [2.75, 3.05) is 11.5 Å². The minimum absolute atomic E-state index is 0.0441. The summed E-state index contributed by atoms with van der Waals surface area (Å²) in [4.78, 5) is 0. The number of hydrogen-bond acceptors (Lipinski definition) is 7. The van der Waals surface area contributed by atoms with E-state index in [4.69, 9.17) is 4.42 Å². The zero-order valence-corrected chi connectivity index (χ0v) is 15.5. The lowest BCUT2D eigenvalue weighted by molar-refractivity contribution is 0.389. The molecule has 0 aliphatic carbocycles. The Morgan fingerprint density at radius 3 is 2.76 bits per heavy atom. The first-order chi connectivity index (χ1) is 11.9. The standard InChI is InChI=1S/C17H19N3O3S2/c1-12-2-4-13(5-3-12)8-15(10-18)24-17-20-19-16(23-17)9-14-6-7-25(21,22)11-14/h2-5,14-15H,6-9,11H2,1H3/t14-,15-/m0/s1. The van der Waals surface area contributed by atoms with Crippen molar-refractivity contribution in [3.05, 3.63) is 41.3 Å². The SMILES string of the molecule is Cc1ccc(C[C@@H](C#N)Sc2nnc(C[C@@H]3CCS(=O)(=O)C3)o2)cc1. The molecule has 1 aromatic carbocycles. The maximum absolute atomic E-state index is 11.5. The summed E-state index contributed by atoms with van der Waals surface area (Å²) < 4.78 is 28.6. The number of hydrogen-bond donors (Lipinski definition) is 0. The highest BCUT2D eigenvalue weighted by atomic mass is 32.2. The van der Waals surface area contributed by atoms with Gasteiger partial charge in [-0.2, -0.15) is 5.26 Å². The van der Waals surface area contributed by atoms with E-state index in [0.717, 1.165) is 5.56 Å². The van der Waals surface area contributed by atoms with Crippen molar-refractivity contribution >= 4 is 21.6 Å². The van der Waals surface area contributed by atoms with Gasteiger partial charge in [-0.3, -0.25) is 0 Å². The van der Waals surface area contributed by atoms with Gasteiger partial charge in [0.25, 0.3) is 5.22 Å². The fourth-order valence-electron chi connectivity index (χ4n) is 2.82. The van der Waals surface area contributed by atoms with Gasteiger partial charge in [-0.25, -0.2) is 8.42 Å². The van der Waals surface area contributed by atoms with Crippen molar-refractivity contribution < 1.29 is 12.8 Å². The van der Waals surface area contributed by atoms with Crippen LogP contribution in [0.2, 0.25) is 0 Å². The molecule has 0 bridgehead atoms. The molecule has 2 aromatic rings. The van der Waals surface area contributed by atoms with Crippen LogP contribution in [0.4, 0.5) is 0 Å². The van der Waals surface area contributed by atoms with Gasteiger partial charge in [-0.05, 0) is 43.0 Å². The largest absolute Gasteiger partial charge is 0.416 e. The van der Waals surface area contributed by atoms with Crippen LogP contribution in [0.3, 0.4) is 0 Å². The Labute approximate surface area is 151 Å². The predicted molar refractivity (Wildman–Crippen MR) is 94.9 cm³/mol. The minimum Gasteiger partial charge on any atom is -0.416 e. The molecule has 2 heterocycles. The summed E-state index contributed by atoms with van der Waals surface area (Å²) >= 11 is 1.25. The molecule has 0 saturated carbocycles. The molecular formula is C17H19N3O3S2. The Hall–Kier alpha value is -1.85. The first-order valence-corrected chi connectivity index (χ1v) is 10.8. The van der Waals surface area contributed by atoms with E-state index < -0.39 is 9.84 Å². The summed E-state index contributed by atoms with van der Waals surface area (Å²) in [6.45, 7) is 2.02. The third kappa shape index (κ3) is 5.06. The number of rotatable bonds is 6. The topological polar surface area (TPSA) is 96.9 Å². The summed E-state index contributed by atoms with van der Waals surface area (Å²) in [5.74, 6) is 0.909. The first kappa shape index (κ1) is 18.0. The molecule has 6 nitrogen and oxygen atoms in total. The second-order valence-corrected chi connectivity index (χ2v) is 9.74. The number of aromatic nitrogens is 2. The van der Waals surface area contributed by atoms with Crippen molar-refractivity contribution in [2.24, 2.45) is 5.92 Å². The molecule has 2 atom stereocenters. The molecule has 25 heavy (non-hydrogen) atoms. The van der Waals surface area contributed by atoms with Gasteiger partial charge in [0.15, 0.2) is 9.84 Å². The van der Waals surface area contributed by atoms with Gasteiger partial charge in [-0.15, -0.1) is 10.2 Å². The van der Waals surface area contributed by atoms with Crippen molar-refractivity contribution in [3.8, 4) is 6.07 Å².